The second-order valence-electron chi connectivity index (χ2n) is 5.55. The molecule has 0 saturated heterocycles. The lowest BCUT2D eigenvalue weighted by Gasteiger charge is -2.20. The van der Waals surface area contributed by atoms with Crippen molar-refractivity contribution in [1.82, 2.24) is 5.32 Å². The van der Waals surface area contributed by atoms with Crippen LogP contribution in [-0.2, 0) is 4.79 Å². The Bertz CT molecular complexity index is 634. The number of para-hydroxylation sites is 1. The number of aryl methyl sites for hydroxylation is 1. The Kier molecular flexibility index (Phi) is 8.30. The lowest BCUT2D eigenvalue weighted by molar-refractivity contribution is -0.122. The standard InChI is InChI=1S/C19H24N2O2.ClH/c1-3-16(23-17-12-8-7-9-14(17)2)13-21-19(22)18(20)15-10-5-4-6-11-15;/h4-12,16,18H,3,13,20H2,1-2H3,(H,21,22);1H. The lowest BCUT2D eigenvalue weighted by atomic mass is 10.1. The number of hydrogen-bond acceptors (Lipinski definition) is 3. The van der Waals surface area contributed by atoms with Gasteiger partial charge in [-0.3, -0.25) is 4.79 Å². The van der Waals surface area contributed by atoms with Gasteiger partial charge in [0.25, 0.3) is 0 Å². The minimum absolute atomic E-state index is 0. The summed E-state index contributed by atoms with van der Waals surface area (Å²) in [5, 5.41) is 2.88. The van der Waals surface area contributed by atoms with Crippen molar-refractivity contribution >= 4 is 18.3 Å². The van der Waals surface area contributed by atoms with Crippen molar-refractivity contribution in [2.45, 2.75) is 32.4 Å². The van der Waals surface area contributed by atoms with Gasteiger partial charge in [0.15, 0.2) is 0 Å². The smallest absolute Gasteiger partial charge is 0.241 e. The zero-order chi connectivity index (χ0) is 16.7. The SMILES string of the molecule is CCC(CNC(=O)C(N)c1ccccc1)Oc1ccccc1C.Cl. The molecule has 2 unspecified atom stereocenters. The molecule has 2 rings (SSSR count). The Hall–Kier alpha value is -2.04. The van der Waals surface area contributed by atoms with E-state index >= 15 is 0 Å². The molecule has 5 heteroatoms. The quantitative estimate of drug-likeness (QED) is 0.806. The van der Waals surface area contributed by atoms with E-state index in [1.54, 1.807) is 0 Å². The highest BCUT2D eigenvalue weighted by atomic mass is 35.5. The molecule has 24 heavy (non-hydrogen) atoms. The van der Waals surface area contributed by atoms with Crippen LogP contribution in [0.4, 0.5) is 0 Å². The van der Waals surface area contributed by atoms with E-state index in [1.165, 1.54) is 0 Å². The first kappa shape index (κ1) is 20.0. The maximum Gasteiger partial charge on any atom is 0.241 e. The molecule has 130 valence electrons. The molecule has 2 aromatic carbocycles. The molecule has 0 bridgehead atoms. The average molecular weight is 349 g/mol. The summed E-state index contributed by atoms with van der Waals surface area (Å²) in [5.74, 6) is 0.656. The van der Waals surface area contributed by atoms with Crippen molar-refractivity contribution in [1.29, 1.82) is 0 Å². The summed E-state index contributed by atoms with van der Waals surface area (Å²) in [4.78, 5) is 12.2. The number of benzene rings is 2. The van der Waals surface area contributed by atoms with Crippen LogP contribution >= 0.6 is 12.4 Å². The number of ether oxygens (including phenoxy) is 1. The molecule has 0 aliphatic carbocycles. The normalized spacial score (nSPS) is 12.6. The number of halogens is 1. The van der Waals surface area contributed by atoms with Crippen LogP contribution in [0.15, 0.2) is 54.6 Å². The molecule has 2 atom stereocenters. The molecule has 0 saturated carbocycles. The van der Waals surface area contributed by atoms with Gasteiger partial charge in [0.05, 0.1) is 6.54 Å². The van der Waals surface area contributed by atoms with Crippen LogP contribution in [0.3, 0.4) is 0 Å². The molecule has 1 amide bonds. The highest BCUT2D eigenvalue weighted by molar-refractivity contribution is 5.85. The lowest BCUT2D eigenvalue weighted by Crippen LogP contribution is -2.40. The summed E-state index contributed by atoms with van der Waals surface area (Å²) in [7, 11) is 0. The molecule has 4 nitrogen and oxygen atoms in total. The third-order valence-corrected chi connectivity index (χ3v) is 3.79. The summed E-state index contributed by atoms with van der Waals surface area (Å²) >= 11 is 0. The molecule has 0 spiro atoms. The van der Waals surface area contributed by atoms with Crippen LogP contribution in [0.25, 0.3) is 0 Å². The van der Waals surface area contributed by atoms with E-state index in [-0.39, 0.29) is 24.4 Å². The summed E-state index contributed by atoms with van der Waals surface area (Å²) in [6, 6.07) is 16.6. The largest absolute Gasteiger partial charge is 0.488 e. The molecule has 0 fully saturated rings. The highest BCUT2D eigenvalue weighted by Gasteiger charge is 2.17. The zero-order valence-corrected chi connectivity index (χ0v) is 14.9. The Morgan fingerprint density at radius 2 is 1.75 bits per heavy atom. The second kappa shape index (κ2) is 9.96. The van der Waals surface area contributed by atoms with Crippen LogP contribution in [0, 0.1) is 6.92 Å². The van der Waals surface area contributed by atoms with Crippen LogP contribution in [0.1, 0.15) is 30.5 Å². The average Bonchev–Trinajstić information content (AvgIpc) is 2.60. The second-order valence-corrected chi connectivity index (χ2v) is 5.55. The predicted octanol–water partition coefficient (Wildman–Crippen LogP) is 3.39. The van der Waals surface area contributed by atoms with Gasteiger partial charge in [-0.1, -0.05) is 55.5 Å². The molecular weight excluding hydrogens is 324 g/mol. The van der Waals surface area contributed by atoms with E-state index in [2.05, 4.69) is 5.32 Å². The fourth-order valence-corrected chi connectivity index (χ4v) is 2.27. The van der Waals surface area contributed by atoms with E-state index in [1.807, 2.05) is 68.4 Å². The minimum atomic E-state index is -0.660. The number of nitrogens with one attached hydrogen (secondary N) is 1. The fraction of sp³-hybridized carbons (Fsp3) is 0.316. The van der Waals surface area contributed by atoms with Crippen molar-refractivity contribution in [3.63, 3.8) is 0 Å². The Labute approximate surface area is 149 Å². The number of nitrogens with two attached hydrogens (primary N) is 1. The van der Waals surface area contributed by atoms with Gasteiger partial charge in [0.1, 0.15) is 17.9 Å². The zero-order valence-electron chi connectivity index (χ0n) is 14.1. The van der Waals surface area contributed by atoms with Gasteiger partial charge >= 0.3 is 0 Å². The van der Waals surface area contributed by atoms with Gasteiger partial charge < -0.3 is 15.8 Å². The van der Waals surface area contributed by atoms with E-state index in [0.717, 1.165) is 23.3 Å². The van der Waals surface area contributed by atoms with E-state index in [0.29, 0.717) is 6.54 Å². The van der Waals surface area contributed by atoms with E-state index in [9.17, 15) is 4.79 Å². The van der Waals surface area contributed by atoms with Crippen LogP contribution < -0.4 is 15.8 Å². The van der Waals surface area contributed by atoms with Crippen LogP contribution in [-0.4, -0.2) is 18.6 Å². The number of rotatable bonds is 7. The molecule has 0 aliphatic rings. The monoisotopic (exact) mass is 348 g/mol. The van der Waals surface area contributed by atoms with E-state index in [4.69, 9.17) is 10.5 Å². The van der Waals surface area contributed by atoms with Gasteiger partial charge in [-0.25, -0.2) is 0 Å². The minimum Gasteiger partial charge on any atom is -0.488 e. The van der Waals surface area contributed by atoms with Gasteiger partial charge in [-0.15, -0.1) is 12.4 Å². The highest BCUT2D eigenvalue weighted by Crippen LogP contribution is 2.18. The molecule has 0 heterocycles. The first-order chi connectivity index (χ1) is 11.1. The molecule has 0 radical (unpaired) electrons. The number of carbonyl (C=O) groups excluding carboxylic acids is 1. The summed E-state index contributed by atoms with van der Waals surface area (Å²) < 4.78 is 5.97. The van der Waals surface area contributed by atoms with Crippen molar-refractivity contribution < 1.29 is 9.53 Å². The van der Waals surface area contributed by atoms with Crippen LogP contribution in [0.2, 0.25) is 0 Å². The van der Waals surface area contributed by atoms with Gasteiger partial charge in [0, 0.05) is 0 Å². The first-order valence-electron chi connectivity index (χ1n) is 7.92. The third-order valence-electron chi connectivity index (χ3n) is 3.79. The van der Waals surface area contributed by atoms with Crippen LogP contribution in [0.5, 0.6) is 5.75 Å². The molecular formula is C19H25ClN2O2. The summed E-state index contributed by atoms with van der Waals surface area (Å²) in [6.45, 7) is 4.47. The molecule has 0 aliphatic heterocycles. The van der Waals surface area contributed by atoms with Gasteiger partial charge in [-0.05, 0) is 30.5 Å². The molecule has 3 N–H and O–H groups in total. The maximum absolute atomic E-state index is 12.2. The summed E-state index contributed by atoms with van der Waals surface area (Å²) in [5.41, 5.74) is 7.88. The maximum atomic E-state index is 12.2. The fourth-order valence-electron chi connectivity index (χ4n) is 2.27. The molecule has 0 aromatic heterocycles. The summed E-state index contributed by atoms with van der Waals surface area (Å²) in [6.07, 6.45) is 0.720. The Morgan fingerprint density at radius 1 is 1.12 bits per heavy atom. The van der Waals surface area contributed by atoms with Crippen molar-refractivity contribution in [2.75, 3.05) is 6.54 Å². The van der Waals surface area contributed by atoms with Gasteiger partial charge in [0.2, 0.25) is 5.91 Å². The van der Waals surface area contributed by atoms with Crippen molar-refractivity contribution in [3.8, 4) is 5.75 Å². The number of carbonyl (C=O) groups is 1. The number of hydrogen-bond donors (Lipinski definition) is 2. The predicted molar refractivity (Wildman–Crippen MR) is 99.5 cm³/mol. The number of amides is 1. The third kappa shape index (κ3) is 5.55. The van der Waals surface area contributed by atoms with Crippen molar-refractivity contribution in [2.24, 2.45) is 5.73 Å². The topological polar surface area (TPSA) is 64.4 Å². The van der Waals surface area contributed by atoms with Crippen molar-refractivity contribution in [3.05, 3.63) is 65.7 Å². The first-order valence-corrected chi connectivity index (χ1v) is 7.92. The van der Waals surface area contributed by atoms with E-state index < -0.39 is 6.04 Å². The Balaban J connectivity index is 0.00000288. The molecule has 2 aromatic rings. The van der Waals surface area contributed by atoms with Gasteiger partial charge in [-0.2, -0.15) is 0 Å². The Morgan fingerprint density at radius 3 is 2.38 bits per heavy atom.